The molecule has 1 aliphatic heterocycles. The Labute approximate surface area is 113 Å². The molecule has 2 aliphatic rings. The van der Waals surface area contributed by atoms with Crippen LogP contribution in [-0.4, -0.2) is 35.3 Å². The van der Waals surface area contributed by atoms with Crippen LogP contribution in [0.5, 0.6) is 0 Å². The lowest BCUT2D eigenvalue weighted by atomic mass is 10.0. The number of nitrogens with one attached hydrogen (secondary N) is 2. The summed E-state index contributed by atoms with van der Waals surface area (Å²) in [5.41, 5.74) is 1.75. The molecule has 2 N–H and O–H groups in total. The number of hydrogen-bond acceptors (Lipinski definition) is 3. The summed E-state index contributed by atoms with van der Waals surface area (Å²) in [7, 11) is 1.92. The first-order chi connectivity index (χ1) is 8.24. The number of hydrogen-bond donors (Lipinski definition) is 2. The van der Waals surface area contributed by atoms with Crippen molar-refractivity contribution >= 4 is 18.3 Å². The highest BCUT2D eigenvalue weighted by Gasteiger charge is 2.28. The van der Waals surface area contributed by atoms with Gasteiger partial charge in [-0.25, -0.2) is 0 Å². The quantitative estimate of drug-likeness (QED) is 0.845. The molecule has 0 unspecified atom stereocenters. The minimum absolute atomic E-state index is 0. The summed E-state index contributed by atoms with van der Waals surface area (Å²) in [5, 5.41) is 10.4. The molecule has 0 spiro atoms. The van der Waals surface area contributed by atoms with E-state index >= 15 is 0 Å². The maximum absolute atomic E-state index is 11.9. The van der Waals surface area contributed by atoms with E-state index in [1.807, 2.05) is 17.8 Å². The van der Waals surface area contributed by atoms with E-state index in [2.05, 4.69) is 15.7 Å². The Bertz CT molecular complexity index is 437. The van der Waals surface area contributed by atoms with Gasteiger partial charge in [0.05, 0.1) is 0 Å². The van der Waals surface area contributed by atoms with E-state index in [0.29, 0.717) is 17.5 Å². The molecule has 2 fully saturated rings. The number of rotatable bonds is 4. The van der Waals surface area contributed by atoms with Gasteiger partial charge in [-0.1, -0.05) is 0 Å². The summed E-state index contributed by atoms with van der Waals surface area (Å²) in [4.78, 5) is 11.9. The Balaban J connectivity index is 0.00000120. The SMILES string of the molecule is Cl.Cn1nc(C(=O)NCC2CNC2)cc1C1CC1. The molecule has 18 heavy (non-hydrogen) atoms. The molecule has 0 radical (unpaired) electrons. The Morgan fingerprint density at radius 1 is 1.56 bits per heavy atom. The molecular weight excluding hydrogens is 252 g/mol. The van der Waals surface area contributed by atoms with E-state index in [9.17, 15) is 4.79 Å². The van der Waals surface area contributed by atoms with Crippen LogP contribution < -0.4 is 10.6 Å². The van der Waals surface area contributed by atoms with Crippen molar-refractivity contribution in [3.05, 3.63) is 17.5 Å². The first kappa shape index (κ1) is 13.4. The summed E-state index contributed by atoms with van der Waals surface area (Å²) in [6.07, 6.45) is 2.46. The molecule has 3 rings (SSSR count). The summed E-state index contributed by atoms with van der Waals surface area (Å²) in [6, 6.07) is 1.94. The third-order valence-corrected chi connectivity index (χ3v) is 3.56. The van der Waals surface area contributed by atoms with Crippen LogP contribution in [0.15, 0.2) is 6.07 Å². The summed E-state index contributed by atoms with van der Waals surface area (Å²) < 4.78 is 1.84. The Hall–Kier alpha value is -1.07. The molecule has 2 heterocycles. The zero-order valence-corrected chi connectivity index (χ0v) is 11.3. The molecule has 1 saturated carbocycles. The van der Waals surface area contributed by atoms with E-state index in [0.717, 1.165) is 19.6 Å². The van der Waals surface area contributed by atoms with Crippen LogP contribution >= 0.6 is 12.4 Å². The minimum Gasteiger partial charge on any atom is -0.350 e. The molecule has 1 amide bonds. The third-order valence-electron chi connectivity index (χ3n) is 3.56. The molecule has 6 heteroatoms. The second-order valence-corrected chi connectivity index (χ2v) is 5.09. The largest absolute Gasteiger partial charge is 0.350 e. The number of aryl methyl sites for hydroxylation is 1. The highest BCUT2D eigenvalue weighted by atomic mass is 35.5. The first-order valence-corrected chi connectivity index (χ1v) is 6.27. The van der Waals surface area contributed by atoms with Gasteiger partial charge in [0.1, 0.15) is 5.69 Å². The first-order valence-electron chi connectivity index (χ1n) is 6.27. The van der Waals surface area contributed by atoms with E-state index in [1.54, 1.807) is 0 Å². The molecule has 5 nitrogen and oxygen atoms in total. The van der Waals surface area contributed by atoms with E-state index < -0.39 is 0 Å². The molecule has 1 aromatic rings. The summed E-state index contributed by atoms with van der Waals surface area (Å²) in [6.45, 7) is 2.77. The average molecular weight is 271 g/mol. The minimum atomic E-state index is -0.0422. The Morgan fingerprint density at radius 2 is 2.28 bits per heavy atom. The monoisotopic (exact) mass is 270 g/mol. The number of carbonyl (C=O) groups excluding carboxylic acids is 1. The van der Waals surface area contributed by atoms with Crippen LogP contribution in [0, 0.1) is 5.92 Å². The van der Waals surface area contributed by atoms with Crippen LogP contribution in [0.3, 0.4) is 0 Å². The van der Waals surface area contributed by atoms with Gasteiger partial charge in [-0.2, -0.15) is 5.10 Å². The summed E-state index contributed by atoms with van der Waals surface area (Å²) >= 11 is 0. The van der Waals surface area contributed by atoms with Gasteiger partial charge >= 0.3 is 0 Å². The van der Waals surface area contributed by atoms with Crippen molar-refractivity contribution in [2.75, 3.05) is 19.6 Å². The molecular formula is C12H19ClN4O. The molecule has 0 bridgehead atoms. The van der Waals surface area contributed by atoms with Crippen LogP contribution in [0.1, 0.15) is 34.9 Å². The van der Waals surface area contributed by atoms with Crippen molar-refractivity contribution in [1.82, 2.24) is 20.4 Å². The second-order valence-electron chi connectivity index (χ2n) is 5.09. The zero-order valence-electron chi connectivity index (χ0n) is 10.5. The molecule has 0 aromatic carbocycles. The average Bonchev–Trinajstić information content (AvgIpc) is 3.00. The second kappa shape index (κ2) is 5.28. The molecule has 100 valence electrons. The van der Waals surface area contributed by atoms with Crippen molar-refractivity contribution < 1.29 is 4.79 Å². The number of carbonyl (C=O) groups is 1. The van der Waals surface area contributed by atoms with Crippen LogP contribution in [0.25, 0.3) is 0 Å². The fraction of sp³-hybridized carbons (Fsp3) is 0.667. The van der Waals surface area contributed by atoms with Crippen molar-refractivity contribution in [3.8, 4) is 0 Å². The predicted octanol–water partition coefficient (Wildman–Crippen LogP) is 0.668. The van der Waals surface area contributed by atoms with Crippen molar-refractivity contribution in [2.45, 2.75) is 18.8 Å². The fourth-order valence-electron chi connectivity index (χ4n) is 2.17. The van der Waals surface area contributed by atoms with Crippen LogP contribution in [0.4, 0.5) is 0 Å². The Morgan fingerprint density at radius 3 is 2.83 bits per heavy atom. The molecule has 1 aliphatic carbocycles. The topological polar surface area (TPSA) is 59.0 Å². The number of halogens is 1. The van der Waals surface area contributed by atoms with Crippen molar-refractivity contribution in [2.24, 2.45) is 13.0 Å². The van der Waals surface area contributed by atoms with Gasteiger partial charge in [-0.3, -0.25) is 9.48 Å². The normalized spacial score (nSPS) is 18.9. The third kappa shape index (κ3) is 2.67. The zero-order chi connectivity index (χ0) is 11.8. The van der Waals surface area contributed by atoms with Gasteiger partial charge < -0.3 is 10.6 Å². The fourth-order valence-corrected chi connectivity index (χ4v) is 2.17. The van der Waals surface area contributed by atoms with Gasteiger partial charge in [0.25, 0.3) is 5.91 Å². The smallest absolute Gasteiger partial charge is 0.271 e. The van der Waals surface area contributed by atoms with Crippen LogP contribution in [0.2, 0.25) is 0 Å². The maximum Gasteiger partial charge on any atom is 0.271 e. The highest BCUT2D eigenvalue weighted by molar-refractivity contribution is 5.92. The van der Waals surface area contributed by atoms with Gasteiger partial charge in [0, 0.05) is 44.2 Å². The molecule has 1 aromatic heterocycles. The lowest BCUT2D eigenvalue weighted by Crippen LogP contribution is -2.48. The van der Waals surface area contributed by atoms with E-state index in [1.165, 1.54) is 18.5 Å². The number of amides is 1. The standard InChI is InChI=1S/C12H18N4O.ClH/c1-16-11(9-2-3-9)4-10(15-16)12(17)14-7-8-5-13-6-8;/h4,8-9,13H,2-3,5-7H2,1H3,(H,14,17);1H. The maximum atomic E-state index is 11.9. The van der Waals surface area contributed by atoms with Gasteiger partial charge in [0.2, 0.25) is 0 Å². The summed E-state index contributed by atoms with van der Waals surface area (Å²) in [5.74, 6) is 1.18. The molecule has 1 saturated heterocycles. The number of aromatic nitrogens is 2. The van der Waals surface area contributed by atoms with Gasteiger partial charge in [0.15, 0.2) is 0 Å². The van der Waals surface area contributed by atoms with Crippen molar-refractivity contribution in [1.29, 1.82) is 0 Å². The number of nitrogens with zero attached hydrogens (tertiary/aromatic N) is 2. The molecule has 0 atom stereocenters. The van der Waals surface area contributed by atoms with E-state index in [-0.39, 0.29) is 18.3 Å². The van der Waals surface area contributed by atoms with Gasteiger partial charge in [-0.05, 0) is 18.9 Å². The van der Waals surface area contributed by atoms with Gasteiger partial charge in [-0.15, -0.1) is 12.4 Å². The lowest BCUT2D eigenvalue weighted by Gasteiger charge is -2.26. The predicted molar refractivity (Wildman–Crippen MR) is 71.1 cm³/mol. The Kier molecular flexibility index (Phi) is 3.92. The highest BCUT2D eigenvalue weighted by Crippen LogP contribution is 2.39. The lowest BCUT2D eigenvalue weighted by molar-refractivity contribution is 0.0936. The van der Waals surface area contributed by atoms with E-state index in [4.69, 9.17) is 0 Å². The van der Waals surface area contributed by atoms with Crippen molar-refractivity contribution in [3.63, 3.8) is 0 Å². The van der Waals surface area contributed by atoms with Crippen LogP contribution in [-0.2, 0) is 7.05 Å².